The molecular formula is C14H21FN2O. The highest BCUT2D eigenvalue weighted by molar-refractivity contribution is 5.32. The standard InChI is InChI=1S/C14H21FN2O/c1-16(2)13-4-3-7-17(10-13)9-11-8-12(15)5-6-14(11)18/h5-6,8,13,18H,3-4,7,9-10H2,1-2H3. The molecule has 0 radical (unpaired) electrons. The number of rotatable bonds is 3. The van der Waals surface area contributed by atoms with E-state index in [1.54, 1.807) is 0 Å². The van der Waals surface area contributed by atoms with Gasteiger partial charge in [0.2, 0.25) is 0 Å². The van der Waals surface area contributed by atoms with Crippen molar-refractivity contribution >= 4 is 0 Å². The number of hydrogen-bond acceptors (Lipinski definition) is 3. The predicted octanol–water partition coefficient (Wildman–Crippen LogP) is 2.06. The molecule has 1 heterocycles. The van der Waals surface area contributed by atoms with Crippen molar-refractivity contribution in [3.8, 4) is 5.75 Å². The maximum absolute atomic E-state index is 13.2. The SMILES string of the molecule is CN(C)C1CCCN(Cc2cc(F)ccc2O)C1. The second-order valence-electron chi connectivity index (χ2n) is 5.27. The van der Waals surface area contributed by atoms with Crippen LogP contribution >= 0.6 is 0 Å². The maximum atomic E-state index is 13.2. The van der Waals surface area contributed by atoms with E-state index < -0.39 is 0 Å². The zero-order valence-corrected chi connectivity index (χ0v) is 11.1. The lowest BCUT2D eigenvalue weighted by molar-refractivity contribution is 0.127. The molecule has 1 aliphatic heterocycles. The summed E-state index contributed by atoms with van der Waals surface area (Å²) in [5.41, 5.74) is 0.675. The molecule has 3 nitrogen and oxygen atoms in total. The summed E-state index contributed by atoms with van der Waals surface area (Å²) in [7, 11) is 4.18. The summed E-state index contributed by atoms with van der Waals surface area (Å²) in [6.07, 6.45) is 2.36. The molecule has 1 atom stereocenters. The second kappa shape index (κ2) is 5.67. The molecule has 1 unspecified atom stereocenters. The fraction of sp³-hybridized carbons (Fsp3) is 0.571. The molecular weight excluding hydrogens is 231 g/mol. The maximum Gasteiger partial charge on any atom is 0.123 e. The Hall–Kier alpha value is -1.13. The van der Waals surface area contributed by atoms with Crippen LogP contribution in [0.25, 0.3) is 0 Å². The molecule has 0 aromatic heterocycles. The molecule has 4 heteroatoms. The van der Waals surface area contributed by atoms with Gasteiger partial charge in [-0.25, -0.2) is 4.39 Å². The number of benzene rings is 1. The summed E-state index contributed by atoms with van der Waals surface area (Å²) in [6, 6.07) is 4.69. The monoisotopic (exact) mass is 252 g/mol. The van der Waals surface area contributed by atoms with E-state index in [9.17, 15) is 9.50 Å². The highest BCUT2D eigenvalue weighted by Gasteiger charge is 2.21. The van der Waals surface area contributed by atoms with Gasteiger partial charge in [0.25, 0.3) is 0 Å². The molecule has 0 bridgehead atoms. The minimum atomic E-state index is -0.288. The first-order chi connectivity index (χ1) is 8.56. The molecule has 1 N–H and O–H groups in total. The van der Waals surface area contributed by atoms with E-state index >= 15 is 0 Å². The van der Waals surface area contributed by atoms with Crippen LogP contribution in [0.1, 0.15) is 18.4 Å². The Bertz CT molecular complexity index is 409. The Labute approximate surface area is 108 Å². The van der Waals surface area contributed by atoms with E-state index in [0.717, 1.165) is 19.5 Å². The number of phenols is 1. The number of likely N-dealkylation sites (tertiary alicyclic amines) is 1. The molecule has 2 rings (SSSR count). The highest BCUT2D eigenvalue weighted by Crippen LogP contribution is 2.22. The Morgan fingerprint density at radius 2 is 2.22 bits per heavy atom. The van der Waals surface area contributed by atoms with Gasteiger partial charge in [-0.3, -0.25) is 4.90 Å². The molecule has 100 valence electrons. The number of piperidine rings is 1. The summed E-state index contributed by atoms with van der Waals surface area (Å²) in [4.78, 5) is 4.51. The molecule has 1 saturated heterocycles. The van der Waals surface area contributed by atoms with Gasteiger partial charge in [-0.05, 0) is 51.7 Å². The minimum Gasteiger partial charge on any atom is -0.508 e. The summed E-state index contributed by atoms with van der Waals surface area (Å²) >= 11 is 0. The van der Waals surface area contributed by atoms with Gasteiger partial charge in [0.05, 0.1) is 0 Å². The van der Waals surface area contributed by atoms with Crippen molar-refractivity contribution in [2.75, 3.05) is 27.2 Å². The number of hydrogen-bond donors (Lipinski definition) is 1. The van der Waals surface area contributed by atoms with Crippen LogP contribution in [0, 0.1) is 5.82 Å². The summed E-state index contributed by atoms with van der Waals surface area (Å²) in [6.45, 7) is 2.61. The zero-order chi connectivity index (χ0) is 13.1. The van der Waals surface area contributed by atoms with Crippen LogP contribution in [0.3, 0.4) is 0 Å². The number of likely N-dealkylation sites (N-methyl/N-ethyl adjacent to an activating group) is 1. The largest absolute Gasteiger partial charge is 0.508 e. The van der Waals surface area contributed by atoms with E-state index in [4.69, 9.17) is 0 Å². The van der Waals surface area contributed by atoms with Crippen molar-refractivity contribution in [2.45, 2.75) is 25.4 Å². The highest BCUT2D eigenvalue weighted by atomic mass is 19.1. The smallest absolute Gasteiger partial charge is 0.123 e. The van der Waals surface area contributed by atoms with Crippen molar-refractivity contribution in [3.05, 3.63) is 29.6 Å². The first-order valence-corrected chi connectivity index (χ1v) is 6.42. The normalized spacial score (nSPS) is 21.4. The van der Waals surface area contributed by atoms with Crippen molar-refractivity contribution < 1.29 is 9.50 Å². The molecule has 0 saturated carbocycles. The third kappa shape index (κ3) is 3.21. The van der Waals surface area contributed by atoms with Gasteiger partial charge in [-0.15, -0.1) is 0 Å². The lowest BCUT2D eigenvalue weighted by Gasteiger charge is -2.36. The Morgan fingerprint density at radius 3 is 2.94 bits per heavy atom. The van der Waals surface area contributed by atoms with E-state index in [1.165, 1.54) is 24.6 Å². The van der Waals surface area contributed by atoms with Crippen LogP contribution < -0.4 is 0 Å². The van der Waals surface area contributed by atoms with Crippen LogP contribution in [-0.4, -0.2) is 48.1 Å². The summed E-state index contributed by atoms with van der Waals surface area (Å²) in [5.74, 6) is -0.104. The Morgan fingerprint density at radius 1 is 1.44 bits per heavy atom. The van der Waals surface area contributed by atoms with Gasteiger partial charge in [0.15, 0.2) is 0 Å². The zero-order valence-electron chi connectivity index (χ0n) is 11.1. The number of halogens is 1. The minimum absolute atomic E-state index is 0.184. The molecule has 1 aromatic rings. The van der Waals surface area contributed by atoms with Gasteiger partial charge < -0.3 is 10.0 Å². The Balaban J connectivity index is 2.02. The average molecular weight is 252 g/mol. The topological polar surface area (TPSA) is 26.7 Å². The van der Waals surface area contributed by atoms with Gasteiger partial charge >= 0.3 is 0 Å². The molecule has 0 spiro atoms. The summed E-state index contributed by atoms with van der Waals surface area (Å²) in [5, 5.41) is 9.74. The molecule has 1 aliphatic rings. The molecule has 1 fully saturated rings. The summed E-state index contributed by atoms with van der Waals surface area (Å²) < 4.78 is 13.2. The molecule has 1 aromatic carbocycles. The van der Waals surface area contributed by atoms with Crippen molar-refractivity contribution in [2.24, 2.45) is 0 Å². The number of phenolic OH excluding ortho intramolecular Hbond substituents is 1. The molecule has 0 amide bonds. The van der Waals surface area contributed by atoms with Gasteiger partial charge in [-0.2, -0.15) is 0 Å². The quantitative estimate of drug-likeness (QED) is 0.892. The third-order valence-corrected chi connectivity index (χ3v) is 3.65. The van der Waals surface area contributed by atoms with Crippen molar-refractivity contribution in [3.63, 3.8) is 0 Å². The van der Waals surface area contributed by atoms with Crippen molar-refractivity contribution in [1.29, 1.82) is 0 Å². The first kappa shape index (κ1) is 13.3. The lowest BCUT2D eigenvalue weighted by atomic mass is 10.0. The van der Waals surface area contributed by atoms with E-state index in [1.807, 2.05) is 0 Å². The van der Waals surface area contributed by atoms with E-state index in [0.29, 0.717) is 18.2 Å². The van der Waals surface area contributed by atoms with Crippen LogP contribution in [0.2, 0.25) is 0 Å². The van der Waals surface area contributed by atoms with Crippen LogP contribution in [0.15, 0.2) is 18.2 Å². The lowest BCUT2D eigenvalue weighted by Crippen LogP contribution is -2.44. The van der Waals surface area contributed by atoms with Crippen LogP contribution in [0.4, 0.5) is 4.39 Å². The van der Waals surface area contributed by atoms with Crippen molar-refractivity contribution in [1.82, 2.24) is 9.80 Å². The Kier molecular flexibility index (Phi) is 4.19. The predicted molar refractivity (Wildman–Crippen MR) is 70.1 cm³/mol. The number of aromatic hydroxyl groups is 1. The number of nitrogens with zero attached hydrogens (tertiary/aromatic N) is 2. The second-order valence-corrected chi connectivity index (χ2v) is 5.27. The fourth-order valence-corrected chi connectivity index (χ4v) is 2.52. The van der Waals surface area contributed by atoms with Gasteiger partial charge in [-0.1, -0.05) is 0 Å². The van der Waals surface area contributed by atoms with Gasteiger partial charge in [0, 0.05) is 24.7 Å². The van der Waals surface area contributed by atoms with Crippen LogP contribution in [-0.2, 0) is 6.54 Å². The average Bonchev–Trinajstić information content (AvgIpc) is 2.34. The first-order valence-electron chi connectivity index (χ1n) is 6.42. The van der Waals surface area contributed by atoms with E-state index in [2.05, 4.69) is 23.9 Å². The fourth-order valence-electron chi connectivity index (χ4n) is 2.52. The molecule has 18 heavy (non-hydrogen) atoms. The van der Waals surface area contributed by atoms with Crippen LogP contribution in [0.5, 0.6) is 5.75 Å². The van der Waals surface area contributed by atoms with Gasteiger partial charge in [0.1, 0.15) is 11.6 Å². The third-order valence-electron chi connectivity index (χ3n) is 3.65. The molecule has 0 aliphatic carbocycles. The van der Waals surface area contributed by atoms with E-state index in [-0.39, 0.29) is 11.6 Å².